The van der Waals surface area contributed by atoms with Crippen molar-refractivity contribution >= 4 is 34.1 Å². The number of nitrogens with zero attached hydrogens (tertiary/aromatic N) is 5. The number of halogens is 5. The highest BCUT2D eigenvalue weighted by molar-refractivity contribution is 6.34. The second kappa shape index (κ2) is 10.4. The van der Waals surface area contributed by atoms with Crippen molar-refractivity contribution in [1.82, 2.24) is 23.9 Å². The molecule has 220 valence electrons. The number of nitrogens with one attached hydrogen (secondary N) is 1. The first kappa shape index (κ1) is 28.2. The molecule has 0 unspecified atom stereocenters. The topological polar surface area (TPSA) is 113 Å². The van der Waals surface area contributed by atoms with E-state index in [0.29, 0.717) is 28.4 Å². The molecule has 1 N–H and O–H groups in total. The van der Waals surface area contributed by atoms with E-state index in [9.17, 15) is 31.9 Å². The van der Waals surface area contributed by atoms with E-state index in [4.69, 9.17) is 16.3 Å². The number of aromatic nitrogens is 5. The van der Waals surface area contributed by atoms with Crippen LogP contribution in [0.15, 0.2) is 46.2 Å². The third-order valence-electron chi connectivity index (χ3n) is 7.09. The Balaban J connectivity index is 1.65. The van der Waals surface area contributed by atoms with Crippen molar-refractivity contribution in [3.8, 4) is 16.9 Å². The van der Waals surface area contributed by atoms with Gasteiger partial charge >= 0.3 is 5.69 Å². The Kier molecular flexibility index (Phi) is 6.80. The van der Waals surface area contributed by atoms with Gasteiger partial charge in [0.15, 0.2) is 29.1 Å². The van der Waals surface area contributed by atoms with Crippen LogP contribution in [0.25, 0.3) is 22.0 Å². The summed E-state index contributed by atoms with van der Waals surface area (Å²) < 4.78 is 65.4. The number of methoxy groups -OCH3 is 1. The summed E-state index contributed by atoms with van der Waals surface area (Å²) in [7, 11) is 2.87. The van der Waals surface area contributed by atoms with Crippen molar-refractivity contribution in [2.45, 2.75) is 19.5 Å². The molecule has 1 amide bonds. The van der Waals surface area contributed by atoms with Crippen LogP contribution >= 0.6 is 11.6 Å². The number of hydrogen-bond acceptors (Lipinski definition) is 6. The van der Waals surface area contributed by atoms with Gasteiger partial charge in [-0.15, -0.1) is 0 Å². The zero-order valence-electron chi connectivity index (χ0n) is 22.3. The van der Waals surface area contributed by atoms with Crippen molar-refractivity contribution < 1.29 is 27.1 Å². The quantitative estimate of drug-likeness (QED) is 0.177. The van der Waals surface area contributed by atoms with Gasteiger partial charge in [-0.2, -0.15) is 5.10 Å². The normalized spacial score (nSPS) is 12.6. The maximum atomic E-state index is 14.8. The number of amides is 1. The molecular formula is C28H19ClF4N6O4. The predicted octanol–water partition coefficient (Wildman–Crippen LogP) is 3.77. The first-order valence-corrected chi connectivity index (χ1v) is 13.0. The molecule has 5 aromatic rings. The highest BCUT2D eigenvalue weighted by atomic mass is 35.5. The van der Waals surface area contributed by atoms with E-state index < -0.39 is 53.2 Å². The molecule has 0 saturated heterocycles. The Morgan fingerprint density at radius 1 is 0.977 bits per heavy atom. The number of rotatable bonds is 6. The minimum Gasteiger partial charge on any atom is -0.496 e. The Morgan fingerprint density at radius 3 is 2.44 bits per heavy atom. The minimum absolute atomic E-state index is 0.00307. The fourth-order valence-electron chi connectivity index (χ4n) is 5.08. The summed E-state index contributed by atoms with van der Waals surface area (Å²) in [5.41, 5.74) is -0.630. The fraction of sp³-hybridized carbons (Fsp3) is 0.179. The maximum Gasteiger partial charge on any atom is 0.332 e. The van der Waals surface area contributed by atoms with E-state index in [2.05, 4.69) is 15.4 Å². The molecule has 43 heavy (non-hydrogen) atoms. The van der Waals surface area contributed by atoms with Gasteiger partial charge in [0.1, 0.15) is 17.5 Å². The molecule has 6 rings (SSSR count). The molecule has 0 radical (unpaired) electrons. The Bertz CT molecular complexity index is 2120. The maximum absolute atomic E-state index is 14.8. The summed E-state index contributed by atoms with van der Waals surface area (Å²) >= 11 is 6.55. The first-order valence-electron chi connectivity index (χ1n) is 12.6. The van der Waals surface area contributed by atoms with Gasteiger partial charge in [0, 0.05) is 23.9 Å². The van der Waals surface area contributed by atoms with Gasteiger partial charge in [-0.1, -0.05) is 11.6 Å². The molecular weight excluding hydrogens is 596 g/mol. The summed E-state index contributed by atoms with van der Waals surface area (Å²) in [4.78, 5) is 43.6. The van der Waals surface area contributed by atoms with E-state index in [1.807, 2.05) is 0 Å². The first-order chi connectivity index (χ1) is 20.5. The van der Waals surface area contributed by atoms with Crippen LogP contribution in [-0.4, -0.2) is 36.9 Å². The van der Waals surface area contributed by atoms with Crippen LogP contribution in [0, 0.1) is 23.3 Å². The zero-order valence-corrected chi connectivity index (χ0v) is 23.1. The molecule has 1 aliphatic heterocycles. The van der Waals surface area contributed by atoms with Crippen molar-refractivity contribution in [2.75, 3.05) is 12.4 Å². The van der Waals surface area contributed by atoms with Crippen molar-refractivity contribution in [2.24, 2.45) is 7.05 Å². The largest absolute Gasteiger partial charge is 0.496 e. The number of hydrogen-bond donors (Lipinski definition) is 1. The smallest absolute Gasteiger partial charge is 0.332 e. The van der Waals surface area contributed by atoms with Crippen molar-refractivity contribution in [3.63, 3.8) is 0 Å². The van der Waals surface area contributed by atoms with Gasteiger partial charge in [0.05, 0.1) is 37.2 Å². The van der Waals surface area contributed by atoms with Crippen LogP contribution < -0.4 is 21.3 Å². The SMILES string of the molecule is COc1cc(-c2cc3c(cc2Cl)NC(=O)C3)cc2c1c(=O)n(Cc1ncn(C)n1)c(=O)n2Cc1cc(F)c(F)c(F)c1F. The van der Waals surface area contributed by atoms with Crippen molar-refractivity contribution in [3.05, 3.63) is 103 Å². The molecule has 15 heteroatoms. The van der Waals surface area contributed by atoms with Crippen LogP contribution in [0.4, 0.5) is 23.2 Å². The van der Waals surface area contributed by atoms with Gasteiger partial charge < -0.3 is 10.1 Å². The van der Waals surface area contributed by atoms with Crippen LogP contribution in [0.3, 0.4) is 0 Å². The number of ether oxygens (including phenoxy) is 1. The molecule has 0 spiro atoms. The van der Waals surface area contributed by atoms with Crippen LogP contribution in [0.2, 0.25) is 5.02 Å². The number of carbonyl (C=O) groups is 1. The Hall–Kier alpha value is -4.98. The fourth-order valence-corrected chi connectivity index (χ4v) is 5.36. The average molecular weight is 615 g/mol. The minimum atomic E-state index is -2.05. The van der Waals surface area contributed by atoms with Gasteiger partial charge in [-0.05, 0) is 41.5 Å². The molecule has 0 atom stereocenters. The number of anilines is 1. The number of benzene rings is 3. The molecule has 1 aliphatic rings. The van der Waals surface area contributed by atoms with Crippen molar-refractivity contribution in [1.29, 1.82) is 0 Å². The summed E-state index contributed by atoms with van der Waals surface area (Å²) in [5.74, 6) is -7.55. The molecule has 3 aromatic carbocycles. The second-order valence-electron chi connectivity index (χ2n) is 9.84. The van der Waals surface area contributed by atoms with E-state index >= 15 is 0 Å². The highest BCUT2D eigenvalue weighted by Gasteiger charge is 2.25. The average Bonchev–Trinajstić information content (AvgIpc) is 3.56. The lowest BCUT2D eigenvalue weighted by Crippen LogP contribution is -2.41. The number of aryl methyl sites for hydroxylation is 1. The molecule has 3 heterocycles. The standard InChI is InChI=1S/C28H19ClF4N6O4/c1-37-11-34-21(36-37)10-39-27(41)23-19(38(28(39)42)9-14-4-17(30)25(32)26(33)24(14)31)5-12(6-20(23)43-2)15-3-13-7-22(40)35-18(13)8-16(15)29/h3-6,8,11H,7,9-10H2,1-2H3,(H,35,40). The molecule has 10 nitrogen and oxygen atoms in total. The van der Waals surface area contributed by atoms with Crippen LogP contribution in [-0.2, 0) is 31.4 Å². The van der Waals surface area contributed by atoms with Gasteiger partial charge in [-0.3, -0.25) is 23.4 Å². The van der Waals surface area contributed by atoms with Gasteiger partial charge in [0.2, 0.25) is 5.91 Å². The summed E-state index contributed by atoms with van der Waals surface area (Å²) in [6, 6.07) is 6.56. The Morgan fingerprint density at radius 2 is 1.74 bits per heavy atom. The summed E-state index contributed by atoms with van der Waals surface area (Å²) in [6.07, 6.45) is 1.46. The highest BCUT2D eigenvalue weighted by Crippen LogP contribution is 2.38. The van der Waals surface area contributed by atoms with E-state index in [0.717, 1.165) is 9.13 Å². The molecule has 0 bridgehead atoms. The molecule has 0 aliphatic carbocycles. The number of fused-ring (bicyclic) bond motifs is 2. The third kappa shape index (κ3) is 4.73. The summed E-state index contributed by atoms with van der Waals surface area (Å²) in [5, 5.41) is 6.88. The lowest BCUT2D eigenvalue weighted by Gasteiger charge is -2.18. The van der Waals surface area contributed by atoms with E-state index in [1.54, 1.807) is 19.2 Å². The molecule has 0 saturated carbocycles. The zero-order chi connectivity index (χ0) is 30.7. The number of carbonyl (C=O) groups excluding carboxylic acids is 1. The van der Waals surface area contributed by atoms with E-state index in [1.165, 1.54) is 30.3 Å². The predicted molar refractivity (Wildman–Crippen MR) is 147 cm³/mol. The Labute approximate surface area is 243 Å². The van der Waals surface area contributed by atoms with E-state index in [-0.39, 0.29) is 39.8 Å². The summed E-state index contributed by atoms with van der Waals surface area (Å²) in [6.45, 7) is -1.19. The lowest BCUT2D eigenvalue weighted by atomic mass is 9.99. The monoisotopic (exact) mass is 614 g/mol. The van der Waals surface area contributed by atoms with Crippen LogP contribution in [0.1, 0.15) is 17.0 Å². The lowest BCUT2D eigenvalue weighted by molar-refractivity contribution is -0.115. The molecule has 2 aromatic heterocycles. The van der Waals surface area contributed by atoms with Crippen LogP contribution in [0.5, 0.6) is 5.75 Å². The third-order valence-corrected chi connectivity index (χ3v) is 7.41. The van der Waals surface area contributed by atoms with Gasteiger partial charge in [-0.25, -0.2) is 27.3 Å². The second-order valence-corrected chi connectivity index (χ2v) is 10.2. The van der Waals surface area contributed by atoms with Gasteiger partial charge in [0.25, 0.3) is 5.56 Å². The molecule has 0 fully saturated rings.